The van der Waals surface area contributed by atoms with Crippen LogP contribution in [0.3, 0.4) is 0 Å². The van der Waals surface area contributed by atoms with Crippen molar-refractivity contribution in [2.75, 3.05) is 20.3 Å². The summed E-state index contributed by atoms with van der Waals surface area (Å²) in [7, 11) is 1.36. The fourth-order valence-electron chi connectivity index (χ4n) is 2.24. The molecule has 0 bridgehead atoms. The number of benzene rings is 1. The molecule has 0 aliphatic rings. The Morgan fingerprint density at radius 1 is 1.17 bits per heavy atom. The van der Waals surface area contributed by atoms with Crippen LogP contribution >= 0.6 is 0 Å². The average molecular weight is 321 g/mol. The molecule has 1 aromatic carbocycles. The van der Waals surface area contributed by atoms with Gasteiger partial charge in [-0.25, -0.2) is 0 Å². The number of nitrogens with zero attached hydrogens (tertiary/aromatic N) is 1. The van der Waals surface area contributed by atoms with Crippen LogP contribution in [0.15, 0.2) is 30.3 Å². The molecule has 5 nitrogen and oxygen atoms in total. The van der Waals surface area contributed by atoms with Gasteiger partial charge in [0.05, 0.1) is 26.1 Å². The van der Waals surface area contributed by atoms with Crippen molar-refractivity contribution in [1.29, 1.82) is 0 Å². The highest BCUT2D eigenvalue weighted by molar-refractivity contribution is 5.78. The van der Waals surface area contributed by atoms with Crippen molar-refractivity contribution < 1.29 is 19.1 Å². The number of methoxy groups -OCH3 is 1. The number of amides is 1. The molecule has 0 saturated heterocycles. The Balaban J connectivity index is 2.56. The zero-order valence-corrected chi connectivity index (χ0v) is 14.5. The number of hydrogen-bond donors (Lipinski definition) is 0. The molecule has 0 aromatic heterocycles. The van der Waals surface area contributed by atoms with Gasteiger partial charge >= 0.3 is 5.97 Å². The van der Waals surface area contributed by atoms with Gasteiger partial charge in [0.25, 0.3) is 0 Å². The summed E-state index contributed by atoms with van der Waals surface area (Å²) in [5, 5.41) is 0. The van der Waals surface area contributed by atoms with E-state index < -0.39 is 0 Å². The molecule has 0 saturated carbocycles. The van der Waals surface area contributed by atoms with Crippen molar-refractivity contribution in [3.8, 4) is 5.75 Å². The van der Waals surface area contributed by atoms with E-state index in [0.29, 0.717) is 13.2 Å². The topological polar surface area (TPSA) is 55.8 Å². The van der Waals surface area contributed by atoms with Crippen LogP contribution in [0.1, 0.15) is 33.6 Å². The summed E-state index contributed by atoms with van der Waals surface area (Å²) >= 11 is 0. The SMILES string of the molecule is CCC(C)N(CC(C)C(=O)OC)C(=O)CCOc1ccccc1. The van der Waals surface area contributed by atoms with Crippen LogP contribution in [0, 0.1) is 5.92 Å². The van der Waals surface area contributed by atoms with Crippen molar-refractivity contribution >= 4 is 11.9 Å². The lowest BCUT2D eigenvalue weighted by Gasteiger charge is -2.30. The Hall–Kier alpha value is -2.04. The average Bonchev–Trinajstić information content (AvgIpc) is 2.58. The van der Waals surface area contributed by atoms with Crippen LogP contribution in [-0.2, 0) is 14.3 Å². The summed E-state index contributed by atoms with van der Waals surface area (Å²) in [5.74, 6) is 0.101. The molecule has 0 aliphatic carbocycles. The van der Waals surface area contributed by atoms with Gasteiger partial charge in [0.1, 0.15) is 5.75 Å². The minimum Gasteiger partial charge on any atom is -0.493 e. The Morgan fingerprint density at radius 3 is 2.39 bits per heavy atom. The van der Waals surface area contributed by atoms with E-state index in [9.17, 15) is 9.59 Å². The molecule has 128 valence electrons. The van der Waals surface area contributed by atoms with Crippen molar-refractivity contribution in [2.24, 2.45) is 5.92 Å². The van der Waals surface area contributed by atoms with Gasteiger partial charge in [0.2, 0.25) is 5.91 Å². The Labute approximate surface area is 138 Å². The van der Waals surface area contributed by atoms with Gasteiger partial charge in [-0.3, -0.25) is 9.59 Å². The van der Waals surface area contributed by atoms with Gasteiger partial charge in [-0.1, -0.05) is 32.0 Å². The lowest BCUT2D eigenvalue weighted by atomic mass is 10.1. The Bertz CT molecular complexity index is 489. The first kappa shape index (κ1) is 19.0. The molecule has 23 heavy (non-hydrogen) atoms. The molecule has 2 atom stereocenters. The van der Waals surface area contributed by atoms with Crippen molar-refractivity contribution in [2.45, 2.75) is 39.7 Å². The second kappa shape index (κ2) is 9.87. The fourth-order valence-corrected chi connectivity index (χ4v) is 2.24. The molecule has 1 aromatic rings. The highest BCUT2D eigenvalue weighted by atomic mass is 16.5. The number of para-hydroxylation sites is 1. The van der Waals surface area contributed by atoms with Crippen LogP contribution in [0.4, 0.5) is 0 Å². The first-order valence-electron chi connectivity index (χ1n) is 8.04. The molecule has 0 aliphatic heterocycles. The maximum absolute atomic E-state index is 12.5. The molecular formula is C18H27NO4. The molecule has 0 fully saturated rings. The number of hydrogen-bond acceptors (Lipinski definition) is 4. The maximum atomic E-state index is 12.5. The predicted octanol–water partition coefficient (Wildman–Crippen LogP) is 2.89. The van der Waals surface area contributed by atoms with Crippen LogP contribution in [0.5, 0.6) is 5.75 Å². The summed E-state index contributed by atoms with van der Waals surface area (Å²) < 4.78 is 10.3. The number of ether oxygens (including phenoxy) is 2. The van der Waals surface area contributed by atoms with E-state index in [1.54, 1.807) is 11.8 Å². The van der Waals surface area contributed by atoms with E-state index >= 15 is 0 Å². The molecule has 2 unspecified atom stereocenters. The summed E-state index contributed by atoms with van der Waals surface area (Å²) in [4.78, 5) is 25.8. The number of carbonyl (C=O) groups is 2. The largest absolute Gasteiger partial charge is 0.493 e. The summed E-state index contributed by atoms with van der Waals surface area (Å²) in [6.07, 6.45) is 1.12. The predicted molar refractivity (Wildman–Crippen MR) is 89.2 cm³/mol. The van der Waals surface area contributed by atoms with Gasteiger partial charge in [0.15, 0.2) is 0 Å². The lowest BCUT2D eigenvalue weighted by molar-refractivity contribution is -0.147. The third-order valence-electron chi connectivity index (χ3n) is 3.85. The molecular weight excluding hydrogens is 294 g/mol. The van der Waals surface area contributed by atoms with E-state index in [1.807, 2.05) is 44.2 Å². The summed E-state index contributed by atoms with van der Waals surface area (Å²) in [6.45, 7) is 6.47. The molecule has 1 rings (SSSR count). The second-order valence-electron chi connectivity index (χ2n) is 5.64. The molecule has 0 N–H and O–H groups in total. The van der Waals surface area contributed by atoms with Crippen LogP contribution in [0.2, 0.25) is 0 Å². The highest BCUT2D eigenvalue weighted by Gasteiger charge is 2.24. The smallest absolute Gasteiger partial charge is 0.310 e. The van der Waals surface area contributed by atoms with E-state index in [4.69, 9.17) is 9.47 Å². The van der Waals surface area contributed by atoms with Crippen molar-refractivity contribution in [3.05, 3.63) is 30.3 Å². The number of esters is 1. The van der Waals surface area contributed by atoms with Crippen LogP contribution < -0.4 is 4.74 Å². The van der Waals surface area contributed by atoms with Gasteiger partial charge in [-0.15, -0.1) is 0 Å². The minimum absolute atomic E-state index is 0.00830. The zero-order chi connectivity index (χ0) is 17.2. The maximum Gasteiger partial charge on any atom is 0.310 e. The lowest BCUT2D eigenvalue weighted by Crippen LogP contribution is -2.43. The van der Waals surface area contributed by atoms with Crippen molar-refractivity contribution in [3.63, 3.8) is 0 Å². The Kier molecular flexibility index (Phi) is 8.16. The second-order valence-corrected chi connectivity index (χ2v) is 5.64. The first-order chi connectivity index (χ1) is 11.0. The van der Waals surface area contributed by atoms with Gasteiger partial charge in [-0.05, 0) is 25.5 Å². The summed E-state index contributed by atoms with van der Waals surface area (Å²) in [5.41, 5.74) is 0. The molecule has 0 radical (unpaired) electrons. The van der Waals surface area contributed by atoms with E-state index in [0.717, 1.165) is 12.2 Å². The molecule has 5 heteroatoms. The van der Waals surface area contributed by atoms with Gasteiger partial charge in [-0.2, -0.15) is 0 Å². The van der Waals surface area contributed by atoms with E-state index in [-0.39, 0.29) is 30.3 Å². The molecule has 1 amide bonds. The monoisotopic (exact) mass is 321 g/mol. The zero-order valence-electron chi connectivity index (χ0n) is 14.5. The number of rotatable bonds is 9. The number of carbonyl (C=O) groups excluding carboxylic acids is 2. The van der Waals surface area contributed by atoms with Crippen molar-refractivity contribution in [1.82, 2.24) is 4.90 Å². The van der Waals surface area contributed by atoms with Gasteiger partial charge < -0.3 is 14.4 Å². The molecule has 0 heterocycles. The normalized spacial score (nSPS) is 13.0. The first-order valence-corrected chi connectivity index (χ1v) is 8.04. The van der Waals surface area contributed by atoms with E-state index in [1.165, 1.54) is 7.11 Å². The highest BCUT2D eigenvalue weighted by Crippen LogP contribution is 2.13. The standard InChI is InChI=1S/C18H27NO4/c1-5-15(3)19(13-14(2)18(21)22-4)17(20)11-12-23-16-9-7-6-8-10-16/h6-10,14-15H,5,11-13H2,1-4H3. The third kappa shape index (κ3) is 6.30. The fraction of sp³-hybridized carbons (Fsp3) is 0.556. The third-order valence-corrected chi connectivity index (χ3v) is 3.85. The van der Waals surface area contributed by atoms with Gasteiger partial charge in [0, 0.05) is 12.6 Å². The minimum atomic E-state index is -0.340. The Morgan fingerprint density at radius 2 is 1.83 bits per heavy atom. The van der Waals surface area contributed by atoms with E-state index in [2.05, 4.69) is 0 Å². The molecule has 0 spiro atoms. The quantitative estimate of drug-likeness (QED) is 0.656. The summed E-state index contributed by atoms with van der Waals surface area (Å²) in [6, 6.07) is 9.48. The van der Waals surface area contributed by atoms with Crippen LogP contribution in [-0.4, -0.2) is 43.1 Å². The van der Waals surface area contributed by atoms with Crippen LogP contribution in [0.25, 0.3) is 0 Å².